The van der Waals surface area contributed by atoms with E-state index in [4.69, 9.17) is 4.74 Å². The Kier molecular flexibility index (Phi) is 3.64. The summed E-state index contributed by atoms with van der Waals surface area (Å²) in [4.78, 5) is 13.4. The zero-order valence-corrected chi connectivity index (χ0v) is 9.93. The van der Waals surface area contributed by atoms with Crippen LogP contribution < -0.4 is 4.74 Å². The van der Waals surface area contributed by atoms with E-state index in [1.54, 1.807) is 12.0 Å². The Bertz CT molecular complexity index is 388. The fourth-order valence-corrected chi connectivity index (χ4v) is 2.13. The van der Waals surface area contributed by atoms with E-state index < -0.39 is 0 Å². The highest BCUT2D eigenvalue weighted by atomic mass is 16.5. The Labute approximate surface area is 101 Å². The van der Waals surface area contributed by atoms with Crippen molar-refractivity contribution in [2.75, 3.05) is 13.7 Å². The zero-order valence-electron chi connectivity index (χ0n) is 9.93. The third-order valence-electron chi connectivity index (χ3n) is 3.18. The number of carbonyl (C=O) groups is 1. The van der Waals surface area contributed by atoms with Crippen molar-refractivity contribution >= 4 is 5.91 Å². The lowest BCUT2D eigenvalue weighted by Gasteiger charge is -2.23. The molecule has 0 bridgehead atoms. The molecule has 1 aliphatic heterocycles. The minimum absolute atomic E-state index is 0.0235. The molecule has 1 heterocycles. The fraction of sp³-hybridized carbons (Fsp3) is 0.462. The molecule has 1 saturated heterocycles. The first-order valence-corrected chi connectivity index (χ1v) is 5.78. The third kappa shape index (κ3) is 2.58. The van der Waals surface area contributed by atoms with E-state index in [0.29, 0.717) is 13.0 Å². The average Bonchev–Trinajstić information content (AvgIpc) is 2.71. The lowest BCUT2D eigenvalue weighted by atomic mass is 10.2. The number of aliphatic hydroxyl groups excluding tert-OH is 1. The normalized spacial score (nSPS) is 19.8. The molecule has 1 aliphatic rings. The number of rotatable bonds is 4. The molecule has 4 heteroatoms. The van der Waals surface area contributed by atoms with Gasteiger partial charge in [-0.1, -0.05) is 12.1 Å². The van der Waals surface area contributed by atoms with Crippen molar-refractivity contribution in [1.82, 2.24) is 4.90 Å². The Hall–Kier alpha value is -1.55. The number of hydrogen-bond acceptors (Lipinski definition) is 3. The van der Waals surface area contributed by atoms with E-state index in [1.807, 2.05) is 24.3 Å². The number of ether oxygens (including phenoxy) is 1. The second kappa shape index (κ2) is 5.19. The van der Waals surface area contributed by atoms with Gasteiger partial charge in [0, 0.05) is 13.0 Å². The lowest BCUT2D eigenvalue weighted by Crippen LogP contribution is -2.34. The van der Waals surface area contributed by atoms with Crippen LogP contribution in [0.5, 0.6) is 5.75 Å². The average molecular weight is 235 g/mol. The molecule has 1 N–H and O–H groups in total. The number of carbonyl (C=O) groups excluding carboxylic acids is 1. The molecule has 1 aromatic carbocycles. The largest absolute Gasteiger partial charge is 0.497 e. The first-order valence-electron chi connectivity index (χ1n) is 5.78. The minimum atomic E-state index is -0.0235. The van der Waals surface area contributed by atoms with Gasteiger partial charge in [0.05, 0.1) is 19.8 Å². The van der Waals surface area contributed by atoms with Crippen molar-refractivity contribution in [3.05, 3.63) is 29.8 Å². The maximum atomic E-state index is 11.7. The maximum absolute atomic E-state index is 11.7. The van der Waals surface area contributed by atoms with Crippen molar-refractivity contribution in [2.24, 2.45) is 0 Å². The maximum Gasteiger partial charge on any atom is 0.223 e. The molecule has 0 radical (unpaired) electrons. The standard InChI is InChI=1S/C13H17NO3/c1-17-12-5-2-10(3-6-12)8-14-11(9-15)4-7-13(14)16/h2-3,5-6,11,15H,4,7-9H2,1H3. The lowest BCUT2D eigenvalue weighted by molar-refractivity contribution is -0.130. The van der Waals surface area contributed by atoms with Gasteiger partial charge in [0.25, 0.3) is 0 Å². The van der Waals surface area contributed by atoms with Gasteiger partial charge in [-0.25, -0.2) is 0 Å². The van der Waals surface area contributed by atoms with Crippen molar-refractivity contribution in [1.29, 1.82) is 0 Å². The highest BCUT2D eigenvalue weighted by Gasteiger charge is 2.29. The Morgan fingerprint density at radius 3 is 2.71 bits per heavy atom. The molecule has 2 rings (SSSR count). The molecule has 0 spiro atoms. The quantitative estimate of drug-likeness (QED) is 0.852. The van der Waals surface area contributed by atoms with Gasteiger partial charge in [-0.3, -0.25) is 4.79 Å². The summed E-state index contributed by atoms with van der Waals surface area (Å²) in [5.74, 6) is 0.931. The van der Waals surface area contributed by atoms with Gasteiger partial charge < -0.3 is 14.7 Å². The number of aliphatic hydroxyl groups is 1. The molecule has 1 fully saturated rings. The minimum Gasteiger partial charge on any atom is -0.497 e. The van der Waals surface area contributed by atoms with Crippen LogP contribution in [0.1, 0.15) is 18.4 Å². The summed E-state index contributed by atoms with van der Waals surface area (Å²) in [5, 5.41) is 9.20. The zero-order chi connectivity index (χ0) is 12.3. The van der Waals surface area contributed by atoms with E-state index in [2.05, 4.69) is 0 Å². The van der Waals surface area contributed by atoms with Gasteiger partial charge in [0.2, 0.25) is 5.91 Å². The van der Waals surface area contributed by atoms with E-state index in [9.17, 15) is 9.90 Å². The van der Waals surface area contributed by atoms with Gasteiger partial charge in [0.1, 0.15) is 5.75 Å². The van der Waals surface area contributed by atoms with Crippen molar-refractivity contribution in [3.8, 4) is 5.75 Å². The molecule has 1 atom stereocenters. The molecule has 1 amide bonds. The molecule has 17 heavy (non-hydrogen) atoms. The van der Waals surface area contributed by atoms with E-state index in [0.717, 1.165) is 17.7 Å². The van der Waals surface area contributed by atoms with Crippen LogP contribution in [-0.4, -0.2) is 35.7 Å². The summed E-state index contributed by atoms with van der Waals surface area (Å²) in [6, 6.07) is 7.62. The molecular weight excluding hydrogens is 218 g/mol. The number of likely N-dealkylation sites (tertiary alicyclic amines) is 1. The van der Waals surface area contributed by atoms with Crippen LogP contribution >= 0.6 is 0 Å². The molecule has 1 aromatic rings. The highest BCUT2D eigenvalue weighted by molar-refractivity contribution is 5.78. The molecule has 0 aliphatic carbocycles. The fourth-order valence-electron chi connectivity index (χ4n) is 2.13. The number of nitrogens with zero attached hydrogens (tertiary/aromatic N) is 1. The van der Waals surface area contributed by atoms with Crippen LogP contribution in [0.25, 0.3) is 0 Å². The molecular formula is C13H17NO3. The molecule has 0 aromatic heterocycles. The number of hydrogen-bond donors (Lipinski definition) is 1. The van der Waals surface area contributed by atoms with Crippen molar-refractivity contribution in [2.45, 2.75) is 25.4 Å². The summed E-state index contributed by atoms with van der Waals surface area (Å²) in [6.45, 7) is 0.607. The summed E-state index contributed by atoms with van der Waals surface area (Å²) in [5.41, 5.74) is 1.06. The summed E-state index contributed by atoms with van der Waals surface area (Å²) in [7, 11) is 1.63. The second-order valence-electron chi connectivity index (χ2n) is 4.24. The van der Waals surface area contributed by atoms with E-state index in [-0.39, 0.29) is 18.6 Å². The van der Waals surface area contributed by atoms with Crippen molar-refractivity contribution in [3.63, 3.8) is 0 Å². The monoisotopic (exact) mass is 235 g/mol. The Balaban J connectivity index is 2.06. The summed E-state index contributed by atoms with van der Waals surface area (Å²) in [6.07, 6.45) is 1.30. The van der Waals surface area contributed by atoms with Crippen LogP contribution in [0.4, 0.5) is 0 Å². The van der Waals surface area contributed by atoms with E-state index >= 15 is 0 Å². The summed E-state index contributed by atoms with van der Waals surface area (Å²) < 4.78 is 5.08. The van der Waals surface area contributed by atoms with E-state index in [1.165, 1.54) is 0 Å². The van der Waals surface area contributed by atoms with Gasteiger partial charge >= 0.3 is 0 Å². The van der Waals surface area contributed by atoms with Gasteiger partial charge in [0.15, 0.2) is 0 Å². The van der Waals surface area contributed by atoms with Crippen LogP contribution in [0, 0.1) is 0 Å². The highest BCUT2D eigenvalue weighted by Crippen LogP contribution is 2.22. The Morgan fingerprint density at radius 2 is 2.12 bits per heavy atom. The Morgan fingerprint density at radius 1 is 1.41 bits per heavy atom. The molecule has 92 valence electrons. The van der Waals surface area contributed by atoms with Crippen LogP contribution in [0.15, 0.2) is 24.3 Å². The summed E-state index contributed by atoms with van der Waals surface area (Å²) >= 11 is 0. The third-order valence-corrected chi connectivity index (χ3v) is 3.18. The molecule has 0 saturated carbocycles. The molecule has 4 nitrogen and oxygen atoms in total. The van der Waals surface area contributed by atoms with Gasteiger partial charge in [-0.15, -0.1) is 0 Å². The predicted molar refractivity (Wildman–Crippen MR) is 63.7 cm³/mol. The SMILES string of the molecule is COc1ccc(CN2C(=O)CCC2CO)cc1. The van der Waals surface area contributed by atoms with Gasteiger partial charge in [-0.2, -0.15) is 0 Å². The van der Waals surface area contributed by atoms with Crippen LogP contribution in [0.3, 0.4) is 0 Å². The topological polar surface area (TPSA) is 49.8 Å². The first kappa shape index (κ1) is 11.9. The van der Waals surface area contributed by atoms with Gasteiger partial charge in [-0.05, 0) is 24.1 Å². The van der Waals surface area contributed by atoms with Crippen molar-refractivity contribution < 1.29 is 14.6 Å². The first-order chi connectivity index (χ1) is 8.24. The number of amides is 1. The predicted octanol–water partition coefficient (Wildman–Crippen LogP) is 1.18. The number of methoxy groups -OCH3 is 1. The second-order valence-corrected chi connectivity index (χ2v) is 4.24. The smallest absolute Gasteiger partial charge is 0.223 e. The molecule has 1 unspecified atom stereocenters. The number of benzene rings is 1. The van der Waals surface area contributed by atoms with Crippen LogP contribution in [-0.2, 0) is 11.3 Å². The van der Waals surface area contributed by atoms with Crippen LogP contribution in [0.2, 0.25) is 0 Å².